The molecule has 1 aliphatic heterocycles. The molecule has 0 aliphatic carbocycles. The van der Waals surface area contributed by atoms with E-state index in [-0.39, 0.29) is 18.3 Å². The van der Waals surface area contributed by atoms with E-state index in [1.807, 2.05) is 72.8 Å². The first kappa shape index (κ1) is 25.7. The summed E-state index contributed by atoms with van der Waals surface area (Å²) in [6, 6.07) is 34.1. The number of nitrogens with one attached hydrogen (secondary N) is 2. The zero-order chi connectivity index (χ0) is 25.0. The first-order valence-electron chi connectivity index (χ1n) is 12.7. The number of fused-ring (bicyclic) bond motifs is 1. The van der Waals surface area contributed by atoms with E-state index in [4.69, 9.17) is 4.42 Å². The van der Waals surface area contributed by atoms with Crippen molar-refractivity contribution in [2.45, 2.75) is 6.54 Å². The molecule has 1 aliphatic rings. The van der Waals surface area contributed by atoms with Crippen molar-refractivity contribution in [2.24, 2.45) is 0 Å². The Hall–Kier alpha value is -3.90. The minimum atomic E-state index is -0.151. The van der Waals surface area contributed by atoms with Gasteiger partial charge in [-0.05, 0) is 53.1 Å². The molecule has 0 spiro atoms. The van der Waals surface area contributed by atoms with Crippen LogP contribution in [0.2, 0.25) is 0 Å². The summed E-state index contributed by atoms with van der Waals surface area (Å²) in [5.74, 6) is 0.589. The van der Waals surface area contributed by atoms with Gasteiger partial charge in [0.1, 0.15) is 11.3 Å². The average Bonchev–Trinajstić information content (AvgIpc) is 3.38. The molecular formula is C32H30ClN3O2. The van der Waals surface area contributed by atoms with Crippen LogP contribution in [0.15, 0.2) is 108 Å². The van der Waals surface area contributed by atoms with Crippen LogP contribution in [0.25, 0.3) is 33.4 Å². The smallest absolute Gasteiger partial charge is 0.255 e. The fraction of sp³-hybridized carbons (Fsp3) is 0.156. The molecule has 5 nitrogen and oxygen atoms in total. The number of nitrogens with zero attached hydrogens (tertiary/aromatic N) is 1. The lowest BCUT2D eigenvalue weighted by Crippen LogP contribution is -2.42. The summed E-state index contributed by atoms with van der Waals surface area (Å²) in [6.07, 6.45) is 0. The van der Waals surface area contributed by atoms with E-state index in [9.17, 15) is 4.79 Å². The van der Waals surface area contributed by atoms with Crippen LogP contribution in [0.1, 0.15) is 15.9 Å². The monoisotopic (exact) mass is 523 g/mol. The van der Waals surface area contributed by atoms with Crippen LogP contribution in [0, 0.1) is 0 Å². The molecule has 0 bridgehead atoms. The lowest BCUT2D eigenvalue weighted by Gasteiger charge is -2.27. The lowest BCUT2D eigenvalue weighted by atomic mass is 10.0. The van der Waals surface area contributed by atoms with Crippen molar-refractivity contribution >= 4 is 35.0 Å². The number of piperazine rings is 1. The number of rotatable bonds is 6. The molecule has 0 atom stereocenters. The zero-order valence-electron chi connectivity index (χ0n) is 21.0. The highest BCUT2D eigenvalue weighted by Gasteiger charge is 2.15. The van der Waals surface area contributed by atoms with Gasteiger partial charge in [-0.25, -0.2) is 0 Å². The molecule has 38 heavy (non-hydrogen) atoms. The molecule has 1 aromatic heterocycles. The van der Waals surface area contributed by atoms with Gasteiger partial charge in [0, 0.05) is 49.2 Å². The minimum Gasteiger partial charge on any atom is -0.456 e. The van der Waals surface area contributed by atoms with Crippen LogP contribution >= 0.6 is 12.4 Å². The molecule has 6 heteroatoms. The van der Waals surface area contributed by atoms with Crippen LogP contribution in [0.5, 0.6) is 0 Å². The Labute approximate surface area is 228 Å². The minimum absolute atomic E-state index is 0. The SMILES string of the molecule is Cl.O=C(Nc1ccccc1-c1cc2ccc(CN3CCNCC3)cc2o1)c1ccc(-c2ccccc2)cc1. The summed E-state index contributed by atoms with van der Waals surface area (Å²) in [5, 5.41) is 7.54. The first-order chi connectivity index (χ1) is 18.2. The number of halogens is 1. The highest BCUT2D eigenvalue weighted by atomic mass is 35.5. The van der Waals surface area contributed by atoms with Crippen LogP contribution < -0.4 is 10.6 Å². The number of anilines is 1. The Morgan fingerprint density at radius 1 is 0.816 bits per heavy atom. The van der Waals surface area contributed by atoms with Gasteiger partial charge in [-0.3, -0.25) is 9.69 Å². The van der Waals surface area contributed by atoms with Crippen LogP contribution in [-0.2, 0) is 6.54 Å². The maximum atomic E-state index is 13.1. The third kappa shape index (κ3) is 5.65. The summed E-state index contributed by atoms with van der Waals surface area (Å²) >= 11 is 0. The van der Waals surface area contributed by atoms with E-state index in [2.05, 4.69) is 45.9 Å². The predicted octanol–water partition coefficient (Wildman–Crippen LogP) is 6.85. The van der Waals surface area contributed by atoms with Crippen molar-refractivity contribution in [3.05, 3.63) is 114 Å². The number of para-hydroxylation sites is 1. The third-order valence-electron chi connectivity index (χ3n) is 6.90. The molecule has 2 heterocycles. The number of amides is 1. The van der Waals surface area contributed by atoms with Crippen LogP contribution in [-0.4, -0.2) is 37.0 Å². The van der Waals surface area contributed by atoms with E-state index in [0.29, 0.717) is 5.56 Å². The lowest BCUT2D eigenvalue weighted by molar-refractivity contribution is 0.102. The molecule has 0 radical (unpaired) electrons. The molecule has 1 amide bonds. The van der Waals surface area contributed by atoms with Gasteiger partial charge >= 0.3 is 0 Å². The number of hydrogen-bond donors (Lipinski definition) is 2. The number of benzene rings is 4. The maximum Gasteiger partial charge on any atom is 0.255 e. The Morgan fingerprint density at radius 2 is 1.53 bits per heavy atom. The van der Waals surface area contributed by atoms with E-state index in [1.54, 1.807) is 0 Å². The second kappa shape index (κ2) is 11.7. The van der Waals surface area contributed by atoms with E-state index >= 15 is 0 Å². The molecule has 0 saturated carbocycles. The van der Waals surface area contributed by atoms with Gasteiger partial charge < -0.3 is 15.1 Å². The van der Waals surface area contributed by atoms with Crippen LogP contribution in [0.4, 0.5) is 5.69 Å². The molecule has 5 aromatic rings. The fourth-order valence-corrected chi connectivity index (χ4v) is 4.88. The van der Waals surface area contributed by atoms with E-state index in [1.165, 1.54) is 5.56 Å². The Kier molecular flexibility index (Phi) is 7.89. The standard InChI is InChI=1S/C32H29N3O2.ClH/c36-32(26-14-12-25(13-15-26)24-6-2-1-3-7-24)34-29-9-5-4-8-28(29)31-21-27-11-10-23(20-30(27)37-31)22-35-18-16-33-17-19-35;/h1-15,20-21,33H,16-19,22H2,(H,34,36);1H. The molecule has 1 fully saturated rings. The Bertz CT molecular complexity index is 1520. The van der Waals surface area contributed by atoms with Gasteiger partial charge in [-0.15, -0.1) is 12.4 Å². The van der Waals surface area contributed by atoms with Gasteiger partial charge in [-0.2, -0.15) is 0 Å². The number of furan rings is 1. The molecule has 2 N–H and O–H groups in total. The predicted molar refractivity (Wildman–Crippen MR) is 157 cm³/mol. The number of hydrogen-bond acceptors (Lipinski definition) is 4. The maximum absolute atomic E-state index is 13.1. The molecule has 4 aromatic carbocycles. The molecule has 192 valence electrons. The van der Waals surface area contributed by atoms with Crippen molar-refractivity contribution in [3.63, 3.8) is 0 Å². The van der Waals surface area contributed by atoms with Gasteiger partial charge in [0.15, 0.2) is 0 Å². The summed E-state index contributed by atoms with van der Waals surface area (Å²) in [4.78, 5) is 15.6. The number of carbonyl (C=O) groups excluding carboxylic acids is 1. The topological polar surface area (TPSA) is 57.5 Å². The molecule has 0 unspecified atom stereocenters. The van der Waals surface area contributed by atoms with Gasteiger partial charge in [0.05, 0.1) is 5.69 Å². The van der Waals surface area contributed by atoms with Crippen molar-refractivity contribution in [2.75, 3.05) is 31.5 Å². The normalized spacial score (nSPS) is 13.7. The quantitative estimate of drug-likeness (QED) is 0.255. The molecular weight excluding hydrogens is 494 g/mol. The van der Waals surface area contributed by atoms with Crippen molar-refractivity contribution in [1.29, 1.82) is 0 Å². The highest BCUT2D eigenvalue weighted by molar-refractivity contribution is 6.06. The van der Waals surface area contributed by atoms with Crippen molar-refractivity contribution < 1.29 is 9.21 Å². The third-order valence-corrected chi connectivity index (χ3v) is 6.90. The second-order valence-electron chi connectivity index (χ2n) is 9.45. The number of carbonyl (C=O) groups is 1. The summed E-state index contributed by atoms with van der Waals surface area (Å²) in [6.45, 7) is 5.11. The van der Waals surface area contributed by atoms with Gasteiger partial charge in [0.2, 0.25) is 0 Å². The van der Waals surface area contributed by atoms with Crippen LogP contribution in [0.3, 0.4) is 0 Å². The van der Waals surface area contributed by atoms with E-state index in [0.717, 1.165) is 71.8 Å². The Balaban J connectivity index is 0.00000294. The summed E-state index contributed by atoms with van der Waals surface area (Å²) < 4.78 is 6.29. The molecule has 6 rings (SSSR count). The van der Waals surface area contributed by atoms with E-state index < -0.39 is 0 Å². The van der Waals surface area contributed by atoms with Gasteiger partial charge in [-0.1, -0.05) is 66.7 Å². The summed E-state index contributed by atoms with van der Waals surface area (Å²) in [5.41, 5.74) is 6.50. The van der Waals surface area contributed by atoms with Gasteiger partial charge in [0.25, 0.3) is 5.91 Å². The molecule has 1 saturated heterocycles. The average molecular weight is 524 g/mol. The largest absolute Gasteiger partial charge is 0.456 e. The fourth-order valence-electron chi connectivity index (χ4n) is 4.88. The highest BCUT2D eigenvalue weighted by Crippen LogP contribution is 2.33. The second-order valence-corrected chi connectivity index (χ2v) is 9.45. The Morgan fingerprint density at radius 3 is 2.32 bits per heavy atom. The first-order valence-corrected chi connectivity index (χ1v) is 12.7. The van der Waals surface area contributed by atoms with Crippen molar-refractivity contribution in [1.82, 2.24) is 10.2 Å². The zero-order valence-corrected chi connectivity index (χ0v) is 21.8. The summed E-state index contributed by atoms with van der Waals surface area (Å²) in [7, 11) is 0. The van der Waals surface area contributed by atoms with Crippen molar-refractivity contribution in [3.8, 4) is 22.5 Å².